The van der Waals surface area contributed by atoms with Crippen molar-refractivity contribution in [1.82, 2.24) is 14.9 Å². The largest absolute Gasteiger partial charge is 0.475 e. The van der Waals surface area contributed by atoms with Crippen molar-refractivity contribution in [2.24, 2.45) is 0 Å². The number of aromatic nitrogens is 2. The molecule has 2 heterocycles. The summed E-state index contributed by atoms with van der Waals surface area (Å²) in [5, 5.41) is 11.8. The summed E-state index contributed by atoms with van der Waals surface area (Å²) in [4.78, 5) is 14.5. The number of carbonyl (C=O) groups is 1. The van der Waals surface area contributed by atoms with E-state index in [-0.39, 0.29) is 5.76 Å². The normalized spacial score (nSPS) is 10.6. The zero-order valence-electron chi connectivity index (χ0n) is 9.17. The fraction of sp³-hybridized carbons (Fsp3) is 0.273. The number of rotatable bonds is 6. The Balaban J connectivity index is 1.72. The van der Waals surface area contributed by atoms with Crippen molar-refractivity contribution in [3.63, 3.8) is 0 Å². The van der Waals surface area contributed by atoms with Gasteiger partial charge < -0.3 is 19.4 Å². The number of hydrogen-bond acceptors (Lipinski definition) is 4. The molecular formula is C11H13N3O3. The van der Waals surface area contributed by atoms with E-state index in [1.54, 1.807) is 18.6 Å². The number of nitrogens with one attached hydrogen (secondary N) is 1. The average molecular weight is 235 g/mol. The van der Waals surface area contributed by atoms with E-state index in [1.165, 1.54) is 6.07 Å². The molecule has 0 aliphatic rings. The number of hydrogen-bond donors (Lipinski definition) is 2. The standard InChI is InChI=1S/C11H13N3O3/c15-11(16)10-2-1-9(17-10)7-12-3-5-14-6-4-13-8-14/h1-2,4,6,8,12H,3,5,7H2,(H,15,16). The predicted octanol–water partition coefficient (Wildman–Crippen LogP) is 0.964. The SMILES string of the molecule is O=C(O)c1ccc(CNCCn2ccnc2)o1. The highest BCUT2D eigenvalue weighted by Gasteiger charge is 2.07. The molecule has 0 atom stereocenters. The molecule has 0 fully saturated rings. The zero-order valence-corrected chi connectivity index (χ0v) is 9.17. The van der Waals surface area contributed by atoms with Crippen molar-refractivity contribution < 1.29 is 14.3 Å². The van der Waals surface area contributed by atoms with Crippen molar-refractivity contribution in [3.05, 3.63) is 42.4 Å². The third-order valence-corrected chi connectivity index (χ3v) is 2.28. The monoisotopic (exact) mass is 235 g/mol. The maximum Gasteiger partial charge on any atom is 0.371 e. The third-order valence-electron chi connectivity index (χ3n) is 2.28. The van der Waals surface area contributed by atoms with Gasteiger partial charge in [0.05, 0.1) is 12.9 Å². The molecule has 0 saturated heterocycles. The van der Waals surface area contributed by atoms with Gasteiger partial charge in [-0.3, -0.25) is 0 Å². The van der Waals surface area contributed by atoms with Crippen LogP contribution in [0.25, 0.3) is 0 Å². The highest BCUT2D eigenvalue weighted by atomic mass is 16.4. The first-order valence-corrected chi connectivity index (χ1v) is 5.24. The van der Waals surface area contributed by atoms with Crippen LogP contribution in [-0.2, 0) is 13.1 Å². The first-order chi connectivity index (χ1) is 8.25. The maximum absolute atomic E-state index is 10.6. The van der Waals surface area contributed by atoms with Gasteiger partial charge in [0.1, 0.15) is 5.76 Å². The van der Waals surface area contributed by atoms with Crippen LogP contribution in [0.1, 0.15) is 16.3 Å². The van der Waals surface area contributed by atoms with Crippen LogP contribution in [0.5, 0.6) is 0 Å². The molecule has 6 heteroatoms. The highest BCUT2D eigenvalue weighted by Crippen LogP contribution is 2.07. The molecular weight excluding hydrogens is 222 g/mol. The van der Waals surface area contributed by atoms with Gasteiger partial charge in [0, 0.05) is 25.5 Å². The van der Waals surface area contributed by atoms with Gasteiger partial charge in [-0.25, -0.2) is 9.78 Å². The van der Waals surface area contributed by atoms with Crippen LogP contribution in [0.4, 0.5) is 0 Å². The van der Waals surface area contributed by atoms with Crippen molar-refractivity contribution in [3.8, 4) is 0 Å². The predicted molar refractivity (Wildman–Crippen MR) is 59.6 cm³/mol. The lowest BCUT2D eigenvalue weighted by atomic mass is 10.4. The zero-order chi connectivity index (χ0) is 12.1. The lowest BCUT2D eigenvalue weighted by Crippen LogP contribution is -2.18. The third kappa shape index (κ3) is 3.18. The summed E-state index contributed by atoms with van der Waals surface area (Å²) >= 11 is 0. The second-order valence-electron chi connectivity index (χ2n) is 3.55. The summed E-state index contributed by atoms with van der Waals surface area (Å²) in [5.74, 6) is -0.459. The molecule has 0 saturated carbocycles. The summed E-state index contributed by atoms with van der Waals surface area (Å²) in [6.07, 6.45) is 5.36. The van der Waals surface area contributed by atoms with Crippen LogP contribution in [-0.4, -0.2) is 27.2 Å². The summed E-state index contributed by atoms with van der Waals surface area (Å²) in [5.41, 5.74) is 0. The van der Waals surface area contributed by atoms with Gasteiger partial charge in [0.15, 0.2) is 0 Å². The Labute approximate surface area is 97.9 Å². The van der Waals surface area contributed by atoms with Crippen molar-refractivity contribution >= 4 is 5.97 Å². The second-order valence-corrected chi connectivity index (χ2v) is 3.55. The van der Waals surface area contributed by atoms with Crippen LogP contribution in [0.2, 0.25) is 0 Å². The number of aromatic carboxylic acids is 1. The number of carboxylic acid groups (broad SMARTS) is 1. The smallest absolute Gasteiger partial charge is 0.371 e. The Kier molecular flexibility index (Phi) is 3.56. The Hall–Kier alpha value is -2.08. The van der Waals surface area contributed by atoms with Gasteiger partial charge in [-0.1, -0.05) is 0 Å². The Morgan fingerprint density at radius 3 is 3.06 bits per heavy atom. The van der Waals surface area contributed by atoms with Gasteiger partial charge in [-0.05, 0) is 12.1 Å². The minimum atomic E-state index is -1.05. The van der Waals surface area contributed by atoms with Gasteiger partial charge >= 0.3 is 5.97 Å². The van der Waals surface area contributed by atoms with Gasteiger partial charge in [0.2, 0.25) is 5.76 Å². The molecule has 0 amide bonds. The van der Waals surface area contributed by atoms with Crippen LogP contribution >= 0.6 is 0 Å². The van der Waals surface area contributed by atoms with Gasteiger partial charge in [-0.15, -0.1) is 0 Å². The average Bonchev–Trinajstić information content (AvgIpc) is 2.96. The highest BCUT2D eigenvalue weighted by molar-refractivity contribution is 5.84. The van der Waals surface area contributed by atoms with Gasteiger partial charge in [-0.2, -0.15) is 0 Å². The molecule has 0 spiro atoms. The summed E-state index contributed by atoms with van der Waals surface area (Å²) in [6, 6.07) is 3.11. The molecule has 2 rings (SSSR count). The van der Waals surface area contributed by atoms with Crippen molar-refractivity contribution in [2.45, 2.75) is 13.1 Å². The van der Waals surface area contributed by atoms with E-state index < -0.39 is 5.97 Å². The molecule has 0 unspecified atom stereocenters. The Morgan fingerprint density at radius 2 is 2.41 bits per heavy atom. The molecule has 90 valence electrons. The van der Waals surface area contributed by atoms with Crippen molar-refractivity contribution in [1.29, 1.82) is 0 Å². The molecule has 0 aliphatic heterocycles. The number of furan rings is 1. The van der Waals surface area contributed by atoms with Gasteiger partial charge in [0.25, 0.3) is 0 Å². The second kappa shape index (κ2) is 5.31. The summed E-state index contributed by atoms with van der Waals surface area (Å²) in [6.45, 7) is 2.09. The van der Waals surface area contributed by atoms with Crippen LogP contribution in [0.3, 0.4) is 0 Å². The molecule has 2 aromatic heterocycles. The molecule has 17 heavy (non-hydrogen) atoms. The molecule has 6 nitrogen and oxygen atoms in total. The van der Waals surface area contributed by atoms with E-state index in [0.29, 0.717) is 12.3 Å². The van der Waals surface area contributed by atoms with E-state index in [0.717, 1.165) is 13.1 Å². The summed E-state index contributed by atoms with van der Waals surface area (Å²) in [7, 11) is 0. The fourth-order valence-electron chi connectivity index (χ4n) is 1.43. The quantitative estimate of drug-likeness (QED) is 0.729. The maximum atomic E-state index is 10.6. The van der Waals surface area contributed by atoms with Crippen LogP contribution in [0.15, 0.2) is 35.3 Å². The lowest BCUT2D eigenvalue weighted by molar-refractivity contribution is 0.0660. The van der Waals surface area contributed by atoms with Crippen LogP contribution in [0, 0.1) is 0 Å². The number of imidazole rings is 1. The molecule has 2 N–H and O–H groups in total. The van der Waals surface area contributed by atoms with Crippen molar-refractivity contribution in [2.75, 3.05) is 6.54 Å². The van der Waals surface area contributed by atoms with E-state index in [1.807, 2.05) is 10.8 Å². The molecule has 0 radical (unpaired) electrons. The van der Waals surface area contributed by atoms with Crippen LogP contribution < -0.4 is 5.32 Å². The van der Waals surface area contributed by atoms with E-state index in [9.17, 15) is 4.79 Å². The Bertz CT molecular complexity index is 476. The first kappa shape index (κ1) is 11.4. The van der Waals surface area contributed by atoms with E-state index in [2.05, 4.69) is 10.3 Å². The van der Waals surface area contributed by atoms with E-state index >= 15 is 0 Å². The first-order valence-electron chi connectivity index (χ1n) is 5.24. The minimum absolute atomic E-state index is 0.0311. The lowest BCUT2D eigenvalue weighted by Gasteiger charge is -2.03. The topological polar surface area (TPSA) is 80.3 Å². The molecule has 2 aromatic rings. The number of carboxylic acids is 1. The fourth-order valence-corrected chi connectivity index (χ4v) is 1.43. The summed E-state index contributed by atoms with van der Waals surface area (Å²) < 4.78 is 7.06. The minimum Gasteiger partial charge on any atom is -0.475 e. The number of nitrogens with zero attached hydrogens (tertiary/aromatic N) is 2. The molecule has 0 bridgehead atoms. The Morgan fingerprint density at radius 1 is 1.53 bits per heavy atom. The molecule has 0 aliphatic carbocycles. The molecule has 0 aromatic carbocycles. The van der Waals surface area contributed by atoms with E-state index in [4.69, 9.17) is 9.52 Å².